The van der Waals surface area contributed by atoms with Crippen LogP contribution in [-0.4, -0.2) is 55.2 Å². The number of carbonyl (C=O) groups excluding carboxylic acids is 1. The Hall–Kier alpha value is -0.0700. The Kier molecular flexibility index (Phi) is 9.01. The van der Waals surface area contributed by atoms with Gasteiger partial charge in [0.05, 0.1) is 6.10 Å². The van der Waals surface area contributed by atoms with Gasteiger partial charge in [-0.15, -0.1) is 24.8 Å². The SMILES string of the molecule is CCOC1CC(N)(C(=O)NC2CCCC(N(C)C)C2)C1(C)C.Cl.Cl. The molecule has 2 aliphatic carbocycles. The third-order valence-electron chi connectivity index (χ3n) is 5.95. The Bertz CT molecular complexity index is 421. The molecule has 5 nitrogen and oxygen atoms in total. The van der Waals surface area contributed by atoms with E-state index in [4.69, 9.17) is 10.5 Å². The van der Waals surface area contributed by atoms with Crippen molar-refractivity contribution in [2.45, 2.75) is 76.6 Å². The zero-order valence-corrected chi connectivity index (χ0v) is 17.3. The van der Waals surface area contributed by atoms with Gasteiger partial charge in [-0.1, -0.05) is 13.8 Å². The highest BCUT2D eigenvalue weighted by Gasteiger charge is 2.63. The van der Waals surface area contributed by atoms with Crippen LogP contribution in [0.5, 0.6) is 0 Å². The van der Waals surface area contributed by atoms with Gasteiger partial charge < -0.3 is 20.7 Å². The van der Waals surface area contributed by atoms with Gasteiger partial charge in [-0.25, -0.2) is 0 Å². The molecule has 0 aromatic rings. The smallest absolute Gasteiger partial charge is 0.241 e. The molecule has 0 bridgehead atoms. The average molecular weight is 384 g/mol. The lowest BCUT2D eigenvalue weighted by molar-refractivity contribution is -0.171. The summed E-state index contributed by atoms with van der Waals surface area (Å²) >= 11 is 0. The number of hydrogen-bond donors (Lipinski definition) is 2. The van der Waals surface area contributed by atoms with E-state index in [2.05, 4.69) is 24.3 Å². The highest BCUT2D eigenvalue weighted by Crippen LogP contribution is 2.50. The van der Waals surface area contributed by atoms with Gasteiger partial charge in [-0.2, -0.15) is 0 Å². The van der Waals surface area contributed by atoms with Gasteiger partial charge in [-0.05, 0) is 46.7 Å². The van der Waals surface area contributed by atoms with Crippen molar-refractivity contribution in [1.82, 2.24) is 10.2 Å². The van der Waals surface area contributed by atoms with Crippen molar-refractivity contribution >= 4 is 30.7 Å². The first kappa shape index (κ1) is 23.9. The predicted octanol–water partition coefficient (Wildman–Crippen LogP) is 2.35. The van der Waals surface area contributed by atoms with E-state index in [0.717, 1.165) is 19.3 Å². The zero-order valence-electron chi connectivity index (χ0n) is 15.6. The van der Waals surface area contributed by atoms with Crippen LogP contribution in [0.15, 0.2) is 0 Å². The Morgan fingerprint density at radius 1 is 1.29 bits per heavy atom. The summed E-state index contributed by atoms with van der Waals surface area (Å²) in [7, 11) is 4.22. The highest BCUT2D eigenvalue weighted by molar-refractivity contribution is 5.89. The molecule has 7 heteroatoms. The maximum Gasteiger partial charge on any atom is 0.241 e. The van der Waals surface area contributed by atoms with Crippen LogP contribution in [0.3, 0.4) is 0 Å². The summed E-state index contributed by atoms with van der Waals surface area (Å²) in [4.78, 5) is 15.0. The van der Waals surface area contributed by atoms with Gasteiger partial charge in [0.2, 0.25) is 5.91 Å². The largest absolute Gasteiger partial charge is 0.378 e. The molecule has 4 unspecified atom stereocenters. The average Bonchev–Trinajstić information content (AvgIpc) is 2.47. The number of nitrogens with two attached hydrogens (primary N) is 1. The Morgan fingerprint density at radius 2 is 1.92 bits per heavy atom. The third-order valence-corrected chi connectivity index (χ3v) is 5.95. The molecule has 0 aromatic heterocycles. The number of nitrogens with one attached hydrogen (secondary N) is 1. The van der Waals surface area contributed by atoms with Crippen LogP contribution < -0.4 is 11.1 Å². The van der Waals surface area contributed by atoms with Crippen molar-refractivity contribution in [3.05, 3.63) is 0 Å². The minimum Gasteiger partial charge on any atom is -0.378 e. The number of ether oxygens (including phenoxy) is 1. The maximum absolute atomic E-state index is 12.8. The number of rotatable bonds is 5. The van der Waals surface area contributed by atoms with E-state index in [9.17, 15) is 4.79 Å². The van der Waals surface area contributed by atoms with E-state index in [1.807, 2.05) is 20.8 Å². The molecule has 2 rings (SSSR count). The summed E-state index contributed by atoms with van der Waals surface area (Å²) in [5.41, 5.74) is 5.33. The van der Waals surface area contributed by atoms with E-state index < -0.39 is 5.54 Å². The second-order valence-electron chi connectivity index (χ2n) is 7.80. The summed E-state index contributed by atoms with van der Waals surface area (Å²) in [6.07, 6.45) is 5.14. The van der Waals surface area contributed by atoms with E-state index in [0.29, 0.717) is 19.1 Å². The minimum atomic E-state index is -0.808. The first-order chi connectivity index (χ1) is 10.2. The van der Waals surface area contributed by atoms with Crippen molar-refractivity contribution in [3.63, 3.8) is 0 Å². The summed E-state index contributed by atoms with van der Waals surface area (Å²) < 4.78 is 5.71. The van der Waals surface area contributed by atoms with Crippen molar-refractivity contribution in [2.75, 3.05) is 20.7 Å². The lowest BCUT2D eigenvalue weighted by atomic mass is 9.54. The molecule has 0 saturated heterocycles. The molecule has 0 radical (unpaired) electrons. The monoisotopic (exact) mass is 383 g/mol. The molecule has 0 aliphatic heterocycles. The molecule has 3 N–H and O–H groups in total. The van der Waals surface area contributed by atoms with E-state index in [1.54, 1.807) is 0 Å². The second kappa shape index (κ2) is 9.04. The van der Waals surface area contributed by atoms with E-state index in [1.165, 1.54) is 6.42 Å². The van der Waals surface area contributed by atoms with Gasteiger partial charge in [0.15, 0.2) is 0 Å². The van der Waals surface area contributed by atoms with Crippen LogP contribution in [-0.2, 0) is 9.53 Å². The molecule has 0 aromatic carbocycles. The van der Waals surface area contributed by atoms with Crippen LogP contribution in [0.2, 0.25) is 0 Å². The lowest BCUT2D eigenvalue weighted by Crippen LogP contribution is -2.76. The standard InChI is InChI=1S/C17H33N3O2.2ClH/c1-6-22-14-11-17(18,16(14,2)3)15(21)19-12-8-7-9-13(10-12)20(4)5;;/h12-14H,6-11,18H2,1-5H3,(H,19,21);2*1H. The number of halogens is 2. The van der Waals surface area contributed by atoms with Crippen LogP contribution in [0.1, 0.15) is 52.9 Å². The quantitative estimate of drug-likeness (QED) is 0.764. The summed E-state index contributed by atoms with van der Waals surface area (Å²) in [6, 6.07) is 0.800. The molecule has 0 heterocycles. The fraction of sp³-hybridized carbons (Fsp3) is 0.941. The normalized spacial score (nSPS) is 34.5. The van der Waals surface area contributed by atoms with Gasteiger partial charge in [0, 0.05) is 30.5 Å². The molecule has 2 fully saturated rings. The Labute approximate surface area is 159 Å². The lowest BCUT2D eigenvalue weighted by Gasteiger charge is -2.58. The molecule has 2 aliphatic rings. The summed E-state index contributed by atoms with van der Waals surface area (Å²) in [6.45, 7) is 6.73. The van der Waals surface area contributed by atoms with Gasteiger partial charge in [0.25, 0.3) is 0 Å². The van der Waals surface area contributed by atoms with Crippen LogP contribution in [0.4, 0.5) is 0 Å². The first-order valence-corrected chi connectivity index (χ1v) is 8.60. The number of carbonyl (C=O) groups is 1. The highest BCUT2D eigenvalue weighted by atomic mass is 35.5. The van der Waals surface area contributed by atoms with Gasteiger partial charge in [0.1, 0.15) is 5.54 Å². The minimum absolute atomic E-state index is 0. The molecule has 0 spiro atoms. The zero-order chi connectivity index (χ0) is 16.5. The molecule has 2 saturated carbocycles. The van der Waals surface area contributed by atoms with Crippen LogP contribution in [0, 0.1) is 5.41 Å². The van der Waals surface area contributed by atoms with E-state index >= 15 is 0 Å². The number of hydrogen-bond acceptors (Lipinski definition) is 4. The van der Waals surface area contributed by atoms with Gasteiger partial charge in [-0.3, -0.25) is 4.79 Å². The van der Waals surface area contributed by atoms with Crippen LogP contribution >= 0.6 is 24.8 Å². The fourth-order valence-electron chi connectivity index (χ4n) is 3.90. The van der Waals surface area contributed by atoms with Crippen LogP contribution in [0.25, 0.3) is 0 Å². The molecule has 144 valence electrons. The first-order valence-electron chi connectivity index (χ1n) is 8.60. The fourth-order valence-corrected chi connectivity index (χ4v) is 3.90. The Morgan fingerprint density at radius 3 is 2.42 bits per heavy atom. The Balaban J connectivity index is 0.00000264. The second-order valence-corrected chi connectivity index (χ2v) is 7.80. The molecular weight excluding hydrogens is 349 g/mol. The van der Waals surface area contributed by atoms with E-state index in [-0.39, 0.29) is 48.3 Å². The molecule has 24 heavy (non-hydrogen) atoms. The van der Waals surface area contributed by atoms with Crippen molar-refractivity contribution in [3.8, 4) is 0 Å². The van der Waals surface area contributed by atoms with Crippen molar-refractivity contribution in [1.29, 1.82) is 0 Å². The molecule has 1 amide bonds. The molecular formula is C17H35Cl2N3O2. The predicted molar refractivity (Wildman–Crippen MR) is 103 cm³/mol. The topological polar surface area (TPSA) is 67.6 Å². The van der Waals surface area contributed by atoms with Crippen molar-refractivity contribution in [2.24, 2.45) is 11.1 Å². The molecule has 4 atom stereocenters. The van der Waals surface area contributed by atoms with Crippen molar-refractivity contribution < 1.29 is 9.53 Å². The maximum atomic E-state index is 12.8. The number of amides is 1. The summed E-state index contributed by atoms with van der Waals surface area (Å²) in [5.74, 6) is -0.00198. The summed E-state index contributed by atoms with van der Waals surface area (Å²) in [5, 5.41) is 3.22. The van der Waals surface area contributed by atoms with Gasteiger partial charge >= 0.3 is 0 Å². The third kappa shape index (κ3) is 4.36. The number of nitrogens with zero attached hydrogens (tertiary/aromatic N) is 1.